The van der Waals surface area contributed by atoms with Crippen molar-refractivity contribution in [1.82, 2.24) is 5.32 Å². The van der Waals surface area contributed by atoms with Crippen LogP contribution in [0.4, 0.5) is 13.2 Å². The Hall–Kier alpha value is -1.50. The predicted octanol–water partition coefficient (Wildman–Crippen LogP) is 3.20. The normalized spacial score (nSPS) is 11.7. The smallest absolute Gasteiger partial charge is 0.389 e. The van der Waals surface area contributed by atoms with Crippen LogP contribution in [0.5, 0.6) is 0 Å². The lowest BCUT2D eigenvalue weighted by Gasteiger charge is -2.06. The Morgan fingerprint density at radius 3 is 2.70 bits per heavy atom. The highest BCUT2D eigenvalue weighted by Gasteiger charge is 2.25. The number of alkyl halides is 3. The van der Waals surface area contributed by atoms with Gasteiger partial charge >= 0.3 is 12.1 Å². The Labute approximate surface area is 115 Å². The maximum Gasteiger partial charge on any atom is 0.389 e. The second-order valence-electron chi connectivity index (χ2n) is 4.42. The van der Waals surface area contributed by atoms with Gasteiger partial charge in [0.2, 0.25) is 0 Å². The van der Waals surface area contributed by atoms with Gasteiger partial charge in [-0.15, -0.1) is 0 Å². The van der Waals surface area contributed by atoms with Gasteiger partial charge in [0.05, 0.1) is 13.7 Å². The van der Waals surface area contributed by atoms with Gasteiger partial charge in [-0.05, 0) is 32.4 Å². The maximum atomic E-state index is 11.9. The Morgan fingerprint density at radius 2 is 2.10 bits per heavy atom. The number of aryl methyl sites for hydroxylation is 1. The summed E-state index contributed by atoms with van der Waals surface area (Å²) in [6.07, 6.45) is -4.32. The van der Waals surface area contributed by atoms with Crippen molar-refractivity contribution in [2.45, 2.75) is 38.9 Å². The number of furan rings is 1. The van der Waals surface area contributed by atoms with Gasteiger partial charge in [-0.2, -0.15) is 13.2 Å². The molecule has 7 heteroatoms. The number of rotatable bonds is 7. The lowest BCUT2D eigenvalue weighted by Crippen LogP contribution is -2.15. The summed E-state index contributed by atoms with van der Waals surface area (Å²) in [5.41, 5.74) is 0.362. The second-order valence-corrected chi connectivity index (χ2v) is 4.42. The molecule has 0 aromatic carbocycles. The quantitative estimate of drug-likeness (QED) is 0.619. The Balaban J connectivity index is 2.28. The van der Waals surface area contributed by atoms with Gasteiger partial charge in [-0.25, -0.2) is 4.79 Å². The summed E-state index contributed by atoms with van der Waals surface area (Å²) in [7, 11) is 1.29. The van der Waals surface area contributed by atoms with Gasteiger partial charge in [0.1, 0.15) is 17.1 Å². The van der Waals surface area contributed by atoms with Crippen LogP contribution in [-0.4, -0.2) is 25.8 Å². The van der Waals surface area contributed by atoms with Crippen molar-refractivity contribution in [2.24, 2.45) is 0 Å². The molecule has 0 fully saturated rings. The third-order valence-electron chi connectivity index (χ3n) is 2.74. The average molecular weight is 293 g/mol. The van der Waals surface area contributed by atoms with E-state index in [1.165, 1.54) is 7.11 Å². The minimum atomic E-state index is -4.09. The van der Waals surface area contributed by atoms with Crippen molar-refractivity contribution in [3.8, 4) is 0 Å². The minimum absolute atomic E-state index is 0.0983. The van der Waals surface area contributed by atoms with Gasteiger partial charge in [0, 0.05) is 6.42 Å². The number of carbonyl (C=O) groups is 1. The fourth-order valence-electron chi connectivity index (χ4n) is 1.73. The molecule has 0 bridgehead atoms. The molecular formula is C13H18F3NO3. The molecule has 114 valence electrons. The number of methoxy groups -OCH3 is 1. The van der Waals surface area contributed by atoms with E-state index in [-0.39, 0.29) is 6.42 Å². The second kappa shape index (κ2) is 7.33. The summed E-state index contributed by atoms with van der Waals surface area (Å²) in [6.45, 7) is 2.48. The van der Waals surface area contributed by atoms with Gasteiger partial charge in [-0.3, -0.25) is 0 Å². The summed E-state index contributed by atoms with van der Waals surface area (Å²) in [4.78, 5) is 11.3. The lowest BCUT2D eigenvalue weighted by molar-refractivity contribution is -0.135. The van der Waals surface area contributed by atoms with Crippen LogP contribution in [0.25, 0.3) is 0 Å². The first kappa shape index (κ1) is 16.6. The molecule has 4 nitrogen and oxygen atoms in total. The summed E-state index contributed by atoms with van der Waals surface area (Å²) in [5, 5.41) is 2.97. The standard InChI is InChI=1S/C13H18F3NO3/c1-9-11(12(18)19-2)7-10(20-9)8-17-6-4-3-5-13(14,15)16/h7,17H,3-6,8H2,1-2H3. The molecule has 0 aliphatic carbocycles. The number of halogens is 3. The van der Waals surface area contributed by atoms with Crippen LogP contribution in [-0.2, 0) is 11.3 Å². The zero-order valence-electron chi connectivity index (χ0n) is 11.5. The SMILES string of the molecule is COC(=O)c1cc(CNCCCCC(F)(F)F)oc1C. The zero-order valence-corrected chi connectivity index (χ0v) is 11.5. The van der Waals surface area contributed by atoms with E-state index >= 15 is 0 Å². The van der Waals surface area contributed by atoms with E-state index in [0.717, 1.165) is 0 Å². The summed E-state index contributed by atoms with van der Waals surface area (Å²) in [6, 6.07) is 1.57. The monoisotopic (exact) mass is 293 g/mol. The van der Waals surface area contributed by atoms with Crippen LogP contribution in [0.1, 0.15) is 41.1 Å². The van der Waals surface area contributed by atoms with Crippen LogP contribution >= 0.6 is 0 Å². The third kappa shape index (κ3) is 5.64. The molecule has 0 aliphatic rings. The molecule has 0 amide bonds. The lowest BCUT2D eigenvalue weighted by atomic mass is 10.2. The van der Waals surface area contributed by atoms with Crippen LogP contribution in [0.2, 0.25) is 0 Å². The third-order valence-corrected chi connectivity index (χ3v) is 2.74. The fraction of sp³-hybridized carbons (Fsp3) is 0.615. The zero-order chi connectivity index (χ0) is 15.2. The molecular weight excluding hydrogens is 275 g/mol. The number of ether oxygens (including phenoxy) is 1. The molecule has 0 atom stereocenters. The van der Waals surface area contributed by atoms with Crippen LogP contribution in [0.15, 0.2) is 10.5 Å². The van der Waals surface area contributed by atoms with Gasteiger partial charge in [0.25, 0.3) is 0 Å². The van der Waals surface area contributed by atoms with Crippen molar-refractivity contribution < 1.29 is 27.1 Å². The molecule has 1 N–H and O–H groups in total. The molecule has 1 aromatic rings. The van der Waals surface area contributed by atoms with Gasteiger partial charge in [-0.1, -0.05) is 0 Å². The van der Waals surface area contributed by atoms with E-state index in [2.05, 4.69) is 10.1 Å². The summed E-state index contributed by atoms with van der Waals surface area (Å²) >= 11 is 0. The number of nitrogens with one attached hydrogen (secondary N) is 1. The van der Waals surface area contributed by atoms with Crippen molar-refractivity contribution in [3.05, 3.63) is 23.2 Å². The molecule has 0 saturated heterocycles. The minimum Gasteiger partial charge on any atom is -0.465 e. The van der Waals surface area contributed by atoms with E-state index in [1.54, 1.807) is 13.0 Å². The Kier molecular flexibility index (Phi) is 6.06. The van der Waals surface area contributed by atoms with Crippen molar-refractivity contribution in [2.75, 3.05) is 13.7 Å². The highest BCUT2D eigenvalue weighted by Crippen LogP contribution is 2.22. The molecule has 1 heterocycles. The van der Waals surface area contributed by atoms with E-state index in [0.29, 0.717) is 36.6 Å². The van der Waals surface area contributed by atoms with Crippen molar-refractivity contribution in [1.29, 1.82) is 0 Å². The highest BCUT2D eigenvalue weighted by atomic mass is 19.4. The summed E-state index contributed by atoms with van der Waals surface area (Å²) < 4.78 is 45.7. The average Bonchev–Trinajstić information content (AvgIpc) is 2.72. The van der Waals surface area contributed by atoms with E-state index < -0.39 is 18.6 Å². The molecule has 0 unspecified atom stereocenters. The number of carbonyl (C=O) groups excluding carboxylic acids is 1. The number of hydrogen-bond donors (Lipinski definition) is 1. The van der Waals surface area contributed by atoms with Crippen molar-refractivity contribution >= 4 is 5.97 Å². The van der Waals surface area contributed by atoms with E-state index in [1.807, 2.05) is 0 Å². The first-order chi connectivity index (χ1) is 9.33. The van der Waals surface area contributed by atoms with Crippen molar-refractivity contribution in [3.63, 3.8) is 0 Å². The van der Waals surface area contributed by atoms with Gasteiger partial charge in [0.15, 0.2) is 0 Å². The highest BCUT2D eigenvalue weighted by molar-refractivity contribution is 5.90. The maximum absolute atomic E-state index is 11.9. The molecule has 1 aromatic heterocycles. The van der Waals surface area contributed by atoms with E-state index in [4.69, 9.17) is 4.42 Å². The van der Waals surface area contributed by atoms with Crippen LogP contribution < -0.4 is 5.32 Å². The number of unbranched alkanes of at least 4 members (excludes halogenated alkanes) is 1. The molecule has 20 heavy (non-hydrogen) atoms. The first-order valence-electron chi connectivity index (χ1n) is 6.28. The molecule has 1 rings (SSSR count). The predicted molar refractivity (Wildman–Crippen MR) is 66.4 cm³/mol. The molecule has 0 spiro atoms. The number of hydrogen-bond acceptors (Lipinski definition) is 4. The van der Waals surface area contributed by atoms with E-state index in [9.17, 15) is 18.0 Å². The topological polar surface area (TPSA) is 51.5 Å². The Bertz CT molecular complexity index is 441. The number of esters is 1. The fourth-order valence-corrected chi connectivity index (χ4v) is 1.73. The van der Waals surface area contributed by atoms with Crippen LogP contribution in [0, 0.1) is 6.92 Å². The Morgan fingerprint density at radius 1 is 1.40 bits per heavy atom. The summed E-state index contributed by atoms with van der Waals surface area (Å²) in [5.74, 6) is 0.548. The largest absolute Gasteiger partial charge is 0.465 e. The molecule has 0 radical (unpaired) electrons. The molecule has 0 aliphatic heterocycles. The first-order valence-corrected chi connectivity index (χ1v) is 6.28. The molecule has 0 saturated carbocycles. The van der Waals surface area contributed by atoms with Crippen LogP contribution in [0.3, 0.4) is 0 Å². The van der Waals surface area contributed by atoms with Gasteiger partial charge < -0.3 is 14.5 Å².